The van der Waals surface area contributed by atoms with Gasteiger partial charge in [0.05, 0.1) is 0 Å². The van der Waals surface area contributed by atoms with Crippen LogP contribution in [0.2, 0.25) is 0 Å². The number of guanidine groups is 1. The summed E-state index contributed by atoms with van der Waals surface area (Å²) in [6.45, 7) is 10.1. The SMILES string of the molecule is CCC1(CC)N=C(NC(C)(C)C)NC1=O. The maximum absolute atomic E-state index is 11.8. The molecule has 0 aromatic heterocycles. The Kier molecular flexibility index (Phi) is 3.07. The van der Waals surface area contributed by atoms with Crippen LogP contribution >= 0.6 is 0 Å². The van der Waals surface area contributed by atoms with E-state index in [4.69, 9.17) is 0 Å². The lowest BCUT2D eigenvalue weighted by molar-refractivity contribution is -0.123. The lowest BCUT2D eigenvalue weighted by atomic mass is 9.94. The van der Waals surface area contributed by atoms with Gasteiger partial charge in [0.15, 0.2) is 5.96 Å². The summed E-state index contributed by atoms with van der Waals surface area (Å²) in [5.41, 5.74) is -0.628. The molecule has 86 valence electrons. The minimum Gasteiger partial charge on any atom is -0.351 e. The molecule has 0 saturated carbocycles. The smallest absolute Gasteiger partial charge is 0.254 e. The van der Waals surface area contributed by atoms with Crippen LogP contribution in [0.25, 0.3) is 0 Å². The normalized spacial score (nSPS) is 19.8. The largest absolute Gasteiger partial charge is 0.351 e. The van der Waals surface area contributed by atoms with E-state index in [2.05, 4.69) is 15.6 Å². The van der Waals surface area contributed by atoms with E-state index in [9.17, 15) is 4.79 Å². The maximum Gasteiger partial charge on any atom is 0.254 e. The third-order valence-corrected chi connectivity index (χ3v) is 2.64. The van der Waals surface area contributed by atoms with Crippen LogP contribution < -0.4 is 10.6 Å². The van der Waals surface area contributed by atoms with Gasteiger partial charge in [-0.3, -0.25) is 10.1 Å². The number of hydrogen-bond donors (Lipinski definition) is 2. The van der Waals surface area contributed by atoms with Crippen molar-refractivity contribution in [3.63, 3.8) is 0 Å². The Balaban J connectivity index is 2.84. The molecule has 0 fully saturated rings. The van der Waals surface area contributed by atoms with Gasteiger partial charge in [0.2, 0.25) is 0 Å². The summed E-state index contributed by atoms with van der Waals surface area (Å²) in [6.07, 6.45) is 1.48. The minimum absolute atomic E-state index is 0.0132. The maximum atomic E-state index is 11.8. The Labute approximate surface area is 91.5 Å². The van der Waals surface area contributed by atoms with Crippen LogP contribution in [0.1, 0.15) is 47.5 Å². The van der Waals surface area contributed by atoms with E-state index < -0.39 is 5.54 Å². The van der Waals surface area contributed by atoms with E-state index in [0.29, 0.717) is 5.96 Å². The fourth-order valence-corrected chi connectivity index (χ4v) is 1.66. The van der Waals surface area contributed by atoms with Gasteiger partial charge >= 0.3 is 0 Å². The minimum atomic E-state index is -0.548. The highest BCUT2D eigenvalue weighted by atomic mass is 16.2. The summed E-state index contributed by atoms with van der Waals surface area (Å²) in [5, 5.41) is 5.99. The molecule has 0 aliphatic carbocycles. The third kappa shape index (κ3) is 2.49. The molecule has 0 bridgehead atoms. The predicted octanol–water partition coefficient (Wildman–Crippen LogP) is 1.42. The molecule has 4 heteroatoms. The van der Waals surface area contributed by atoms with Crippen LogP contribution in [-0.2, 0) is 4.79 Å². The highest BCUT2D eigenvalue weighted by Gasteiger charge is 2.40. The Morgan fingerprint density at radius 3 is 2.20 bits per heavy atom. The lowest BCUT2D eigenvalue weighted by Gasteiger charge is -2.21. The van der Waals surface area contributed by atoms with Gasteiger partial charge in [-0.05, 0) is 33.6 Å². The van der Waals surface area contributed by atoms with Crippen molar-refractivity contribution in [2.24, 2.45) is 4.99 Å². The first-order valence-corrected chi connectivity index (χ1v) is 5.52. The molecule has 0 aromatic carbocycles. The third-order valence-electron chi connectivity index (χ3n) is 2.64. The molecule has 1 rings (SSSR count). The molecule has 0 unspecified atom stereocenters. The van der Waals surface area contributed by atoms with Crippen molar-refractivity contribution in [1.29, 1.82) is 0 Å². The molecule has 1 aliphatic heterocycles. The van der Waals surface area contributed by atoms with E-state index in [0.717, 1.165) is 12.8 Å². The van der Waals surface area contributed by atoms with Gasteiger partial charge in [0, 0.05) is 5.54 Å². The van der Waals surface area contributed by atoms with Crippen LogP contribution in [0.4, 0.5) is 0 Å². The van der Waals surface area contributed by atoms with Crippen LogP contribution in [-0.4, -0.2) is 22.9 Å². The second kappa shape index (κ2) is 3.83. The number of nitrogens with one attached hydrogen (secondary N) is 2. The first kappa shape index (κ1) is 12.0. The van der Waals surface area contributed by atoms with E-state index in [-0.39, 0.29) is 11.4 Å². The lowest BCUT2D eigenvalue weighted by Crippen LogP contribution is -2.47. The second-order valence-electron chi connectivity index (χ2n) is 5.03. The quantitative estimate of drug-likeness (QED) is 0.725. The topological polar surface area (TPSA) is 53.5 Å². The zero-order valence-electron chi connectivity index (χ0n) is 10.3. The molecule has 1 heterocycles. The van der Waals surface area contributed by atoms with Crippen molar-refractivity contribution in [2.45, 2.75) is 58.5 Å². The van der Waals surface area contributed by atoms with Crippen LogP contribution in [0.15, 0.2) is 4.99 Å². The van der Waals surface area contributed by atoms with Gasteiger partial charge in [-0.15, -0.1) is 0 Å². The Morgan fingerprint density at radius 2 is 1.87 bits per heavy atom. The van der Waals surface area contributed by atoms with Gasteiger partial charge in [-0.2, -0.15) is 0 Å². The van der Waals surface area contributed by atoms with Gasteiger partial charge in [0.25, 0.3) is 5.91 Å². The van der Waals surface area contributed by atoms with Crippen LogP contribution in [0.3, 0.4) is 0 Å². The van der Waals surface area contributed by atoms with Crippen molar-refractivity contribution in [2.75, 3.05) is 0 Å². The van der Waals surface area contributed by atoms with Gasteiger partial charge in [-0.1, -0.05) is 13.8 Å². The molecule has 0 aromatic rings. The Hall–Kier alpha value is -1.06. The van der Waals surface area contributed by atoms with Crippen LogP contribution in [0, 0.1) is 0 Å². The second-order valence-corrected chi connectivity index (χ2v) is 5.03. The molecular formula is C11H21N3O. The van der Waals surface area contributed by atoms with E-state index in [1.54, 1.807) is 0 Å². The summed E-state index contributed by atoms with van der Waals surface area (Å²) in [7, 11) is 0. The van der Waals surface area contributed by atoms with Crippen LogP contribution in [0.5, 0.6) is 0 Å². The fraction of sp³-hybridized carbons (Fsp3) is 0.818. The average molecular weight is 211 g/mol. The zero-order chi connectivity index (χ0) is 11.7. The Bertz CT molecular complexity index is 285. The van der Waals surface area contributed by atoms with Gasteiger partial charge < -0.3 is 5.32 Å². The number of nitrogens with zero attached hydrogens (tertiary/aromatic N) is 1. The molecule has 0 atom stereocenters. The highest BCUT2D eigenvalue weighted by Crippen LogP contribution is 2.24. The number of carbonyl (C=O) groups is 1. The molecule has 0 spiro atoms. The van der Waals surface area contributed by atoms with E-state index in [1.165, 1.54) is 0 Å². The summed E-state index contributed by atoms with van der Waals surface area (Å²) in [5.74, 6) is 0.621. The Morgan fingerprint density at radius 1 is 1.33 bits per heavy atom. The molecular weight excluding hydrogens is 190 g/mol. The summed E-state index contributed by atoms with van der Waals surface area (Å²) < 4.78 is 0. The number of amides is 1. The zero-order valence-corrected chi connectivity index (χ0v) is 10.3. The van der Waals surface area contributed by atoms with Crippen molar-refractivity contribution < 1.29 is 4.79 Å². The summed E-state index contributed by atoms with van der Waals surface area (Å²) >= 11 is 0. The molecule has 0 radical (unpaired) electrons. The number of hydrogen-bond acceptors (Lipinski definition) is 3. The van der Waals surface area contributed by atoms with E-state index >= 15 is 0 Å². The van der Waals surface area contributed by atoms with Crippen molar-refractivity contribution in [3.8, 4) is 0 Å². The number of carbonyl (C=O) groups excluding carboxylic acids is 1. The average Bonchev–Trinajstić information content (AvgIpc) is 2.40. The number of rotatable bonds is 2. The molecule has 0 saturated heterocycles. The monoisotopic (exact) mass is 211 g/mol. The standard InChI is InChI=1S/C11H21N3O/c1-6-11(7-2)8(15)12-9(14-11)13-10(3,4)5/h6-7H2,1-5H3,(H2,12,13,14,15). The van der Waals surface area contributed by atoms with Crippen molar-refractivity contribution in [3.05, 3.63) is 0 Å². The highest BCUT2D eigenvalue weighted by molar-refractivity contribution is 6.07. The molecule has 1 amide bonds. The van der Waals surface area contributed by atoms with Gasteiger partial charge in [-0.25, -0.2) is 4.99 Å². The number of aliphatic imine (C=N–C) groups is 1. The van der Waals surface area contributed by atoms with Gasteiger partial charge in [0.1, 0.15) is 5.54 Å². The van der Waals surface area contributed by atoms with E-state index in [1.807, 2.05) is 34.6 Å². The molecule has 1 aliphatic rings. The molecule has 4 nitrogen and oxygen atoms in total. The fourth-order valence-electron chi connectivity index (χ4n) is 1.66. The first-order chi connectivity index (χ1) is 6.83. The predicted molar refractivity (Wildman–Crippen MR) is 61.8 cm³/mol. The first-order valence-electron chi connectivity index (χ1n) is 5.52. The van der Waals surface area contributed by atoms with Crippen molar-refractivity contribution in [1.82, 2.24) is 10.6 Å². The van der Waals surface area contributed by atoms with Crippen molar-refractivity contribution >= 4 is 11.9 Å². The summed E-state index contributed by atoms with van der Waals surface area (Å²) in [4.78, 5) is 16.3. The molecule has 2 N–H and O–H groups in total. The summed E-state index contributed by atoms with van der Waals surface area (Å²) in [6, 6.07) is 0. The molecule has 15 heavy (non-hydrogen) atoms.